The lowest BCUT2D eigenvalue weighted by Gasteiger charge is -1.99. The van der Waals surface area contributed by atoms with Crippen LogP contribution in [0.2, 0.25) is 0 Å². The molecule has 74 valence electrons. The standard InChI is InChI=1S/C10H5BrFN3/c11-8-5-14-15-10(8)6-1-2-7(4-13)9(12)3-6/h1-3,5H,(H,14,15). The number of nitrogens with one attached hydrogen (secondary N) is 1. The van der Waals surface area contributed by atoms with E-state index < -0.39 is 5.82 Å². The molecule has 1 N–H and O–H groups in total. The van der Waals surface area contributed by atoms with Crippen LogP contribution < -0.4 is 0 Å². The van der Waals surface area contributed by atoms with E-state index in [2.05, 4.69) is 26.1 Å². The zero-order chi connectivity index (χ0) is 10.8. The molecule has 0 bridgehead atoms. The molecule has 2 rings (SSSR count). The van der Waals surface area contributed by atoms with Crippen LogP contribution in [0.15, 0.2) is 28.9 Å². The summed E-state index contributed by atoms with van der Waals surface area (Å²) in [5.41, 5.74) is 1.38. The fraction of sp³-hybridized carbons (Fsp3) is 0. The van der Waals surface area contributed by atoms with Gasteiger partial charge in [0.05, 0.1) is 21.9 Å². The number of nitrogens with zero attached hydrogens (tertiary/aromatic N) is 2. The van der Waals surface area contributed by atoms with Crippen LogP contribution >= 0.6 is 15.9 Å². The van der Waals surface area contributed by atoms with Crippen molar-refractivity contribution in [2.75, 3.05) is 0 Å². The molecule has 0 saturated carbocycles. The Bertz CT molecular complexity index is 542. The quantitative estimate of drug-likeness (QED) is 0.862. The highest BCUT2D eigenvalue weighted by atomic mass is 79.9. The Balaban J connectivity index is 2.53. The van der Waals surface area contributed by atoms with Gasteiger partial charge in [-0.05, 0) is 28.1 Å². The van der Waals surface area contributed by atoms with Crippen LogP contribution in [-0.2, 0) is 0 Å². The molecular formula is C10H5BrFN3. The van der Waals surface area contributed by atoms with Crippen LogP contribution in [0.5, 0.6) is 0 Å². The van der Waals surface area contributed by atoms with Gasteiger partial charge in [-0.15, -0.1) is 0 Å². The minimum Gasteiger partial charge on any atom is -0.277 e. The summed E-state index contributed by atoms with van der Waals surface area (Å²) < 4.78 is 14.1. The summed E-state index contributed by atoms with van der Waals surface area (Å²) in [4.78, 5) is 0. The zero-order valence-electron chi connectivity index (χ0n) is 7.46. The molecule has 0 fully saturated rings. The van der Waals surface area contributed by atoms with E-state index in [0.29, 0.717) is 11.3 Å². The first kappa shape index (κ1) is 9.87. The minimum absolute atomic E-state index is 0.0365. The fourth-order valence-corrected chi connectivity index (χ4v) is 1.66. The maximum absolute atomic E-state index is 13.3. The summed E-state index contributed by atoms with van der Waals surface area (Å²) >= 11 is 3.28. The molecule has 0 amide bonds. The van der Waals surface area contributed by atoms with Gasteiger partial charge in [0.15, 0.2) is 0 Å². The van der Waals surface area contributed by atoms with Gasteiger partial charge in [-0.1, -0.05) is 6.07 Å². The Morgan fingerprint density at radius 2 is 2.27 bits per heavy atom. The number of halogens is 2. The minimum atomic E-state index is -0.531. The third-order valence-corrected chi connectivity index (χ3v) is 2.57. The fourth-order valence-electron chi connectivity index (χ4n) is 1.24. The summed E-state index contributed by atoms with van der Waals surface area (Å²) in [5, 5.41) is 15.1. The molecule has 0 aliphatic rings. The van der Waals surface area contributed by atoms with Crippen molar-refractivity contribution >= 4 is 15.9 Å². The van der Waals surface area contributed by atoms with E-state index in [4.69, 9.17) is 5.26 Å². The number of aromatic amines is 1. The predicted octanol–water partition coefficient (Wildman–Crippen LogP) is 2.85. The number of hydrogen-bond acceptors (Lipinski definition) is 2. The largest absolute Gasteiger partial charge is 0.277 e. The van der Waals surface area contributed by atoms with Crippen LogP contribution in [0.4, 0.5) is 4.39 Å². The first-order chi connectivity index (χ1) is 7.22. The van der Waals surface area contributed by atoms with Crippen molar-refractivity contribution in [3.63, 3.8) is 0 Å². The number of benzene rings is 1. The molecule has 3 nitrogen and oxygen atoms in total. The third kappa shape index (κ3) is 1.76. The molecule has 15 heavy (non-hydrogen) atoms. The molecule has 0 atom stereocenters. The molecule has 1 aromatic heterocycles. The lowest BCUT2D eigenvalue weighted by atomic mass is 10.1. The molecule has 0 radical (unpaired) electrons. The first-order valence-corrected chi connectivity index (χ1v) is 4.90. The molecule has 0 aliphatic carbocycles. The Morgan fingerprint density at radius 1 is 1.47 bits per heavy atom. The second-order valence-corrected chi connectivity index (χ2v) is 3.75. The number of aromatic nitrogens is 2. The molecule has 0 aliphatic heterocycles. The molecule has 1 heterocycles. The average Bonchev–Trinajstić information content (AvgIpc) is 2.64. The molecule has 5 heteroatoms. The van der Waals surface area contributed by atoms with Crippen molar-refractivity contribution in [2.45, 2.75) is 0 Å². The Kier molecular flexibility index (Phi) is 2.52. The second kappa shape index (κ2) is 3.83. The molecule has 0 spiro atoms. The second-order valence-electron chi connectivity index (χ2n) is 2.90. The molecular weight excluding hydrogens is 261 g/mol. The lowest BCUT2D eigenvalue weighted by Crippen LogP contribution is -1.86. The summed E-state index contributed by atoms with van der Waals surface area (Å²) in [6, 6.07) is 6.18. The number of hydrogen-bond donors (Lipinski definition) is 1. The van der Waals surface area contributed by atoms with E-state index in [1.54, 1.807) is 18.3 Å². The number of nitriles is 1. The van der Waals surface area contributed by atoms with Crippen molar-refractivity contribution in [1.82, 2.24) is 10.2 Å². The van der Waals surface area contributed by atoms with E-state index in [0.717, 1.165) is 4.47 Å². The highest BCUT2D eigenvalue weighted by Gasteiger charge is 2.08. The molecule has 2 aromatic rings. The zero-order valence-corrected chi connectivity index (χ0v) is 9.05. The highest BCUT2D eigenvalue weighted by molar-refractivity contribution is 9.10. The monoisotopic (exact) mass is 265 g/mol. The van der Waals surface area contributed by atoms with Crippen LogP contribution in [0.1, 0.15) is 5.56 Å². The van der Waals surface area contributed by atoms with E-state index in [-0.39, 0.29) is 5.56 Å². The maximum atomic E-state index is 13.3. The van der Waals surface area contributed by atoms with Crippen molar-refractivity contribution in [1.29, 1.82) is 5.26 Å². The average molecular weight is 266 g/mol. The van der Waals surface area contributed by atoms with Crippen molar-refractivity contribution in [3.05, 3.63) is 40.2 Å². The van der Waals surface area contributed by atoms with Gasteiger partial charge in [0.25, 0.3) is 0 Å². The highest BCUT2D eigenvalue weighted by Crippen LogP contribution is 2.26. The Labute approximate surface area is 93.7 Å². The van der Waals surface area contributed by atoms with Crippen LogP contribution in [0, 0.1) is 17.1 Å². The predicted molar refractivity (Wildman–Crippen MR) is 56.4 cm³/mol. The van der Waals surface area contributed by atoms with Crippen LogP contribution in [-0.4, -0.2) is 10.2 Å². The topological polar surface area (TPSA) is 52.5 Å². The van der Waals surface area contributed by atoms with Gasteiger partial charge in [-0.3, -0.25) is 5.10 Å². The van der Waals surface area contributed by atoms with Crippen molar-refractivity contribution in [2.24, 2.45) is 0 Å². The third-order valence-electron chi connectivity index (χ3n) is 1.97. The van der Waals surface area contributed by atoms with Gasteiger partial charge in [-0.2, -0.15) is 10.4 Å². The van der Waals surface area contributed by atoms with Gasteiger partial charge in [0.1, 0.15) is 11.9 Å². The van der Waals surface area contributed by atoms with Crippen molar-refractivity contribution < 1.29 is 4.39 Å². The van der Waals surface area contributed by atoms with Gasteiger partial charge in [0, 0.05) is 5.56 Å². The first-order valence-electron chi connectivity index (χ1n) is 4.11. The normalized spacial score (nSPS) is 9.93. The van der Waals surface area contributed by atoms with E-state index in [9.17, 15) is 4.39 Å². The van der Waals surface area contributed by atoms with Gasteiger partial charge >= 0.3 is 0 Å². The maximum Gasteiger partial charge on any atom is 0.141 e. The molecule has 1 aromatic carbocycles. The van der Waals surface area contributed by atoms with E-state index in [1.807, 2.05) is 0 Å². The lowest BCUT2D eigenvalue weighted by molar-refractivity contribution is 0.624. The Hall–Kier alpha value is -1.67. The van der Waals surface area contributed by atoms with E-state index in [1.165, 1.54) is 12.1 Å². The van der Waals surface area contributed by atoms with E-state index >= 15 is 0 Å². The summed E-state index contributed by atoms with van der Waals surface area (Å²) in [6.45, 7) is 0. The molecule has 0 unspecified atom stereocenters. The van der Waals surface area contributed by atoms with Gasteiger partial charge in [0.2, 0.25) is 0 Å². The smallest absolute Gasteiger partial charge is 0.141 e. The molecule has 0 saturated heterocycles. The SMILES string of the molecule is N#Cc1ccc(-c2[nH]ncc2Br)cc1F. The summed E-state index contributed by atoms with van der Waals surface area (Å²) in [5.74, 6) is -0.531. The van der Waals surface area contributed by atoms with Crippen molar-refractivity contribution in [3.8, 4) is 17.3 Å². The summed E-state index contributed by atoms with van der Waals surface area (Å²) in [6.07, 6.45) is 1.59. The van der Waals surface area contributed by atoms with Gasteiger partial charge < -0.3 is 0 Å². The summed E-state index contributed by atoms with van der Waals surface area (Å²) in [7, 11) is 0. The Morgan fingerprint density at radius 3 is 2.80 bits per heavy atom. The number of H-pyrrole nitrogens is 1. The van der Waals surface area contributed by atoms with Crippen LogP contribution in [0.25, 0.3) is 11.3 Å². The van der Waals surface area contributed by atoms with Crippen LogP contribution in [0.3, 0.4) is 0 Å². The van der Waals surface area contributed by atoms with Gasteiger partial charge in [-0.25, -0.2) is 4.39 Å². The number of rotatable bonds is 1.